The van der Waals surface area contributed by atoms with Gasteiger partial charge < -0.3 is 24.7 Å². The number of nitrogens with zero attached hydrogens (tertiary/aromatic N) is 2. The second-order valence-electron chi connectivity index (χ2n) is 5.57. The van der Waals surface area contributed by atoms with Gasteiger partial charge in [0.1, 0.15) is 11.6 Å². The first-order valence-electron chi connectivity index (χ1n) is 7.96. The SMILES string of the molecule is COc1cccc(CNc2cc(-c3ccoc3C)nn2CCO)c1O. The summed E-state index contributed by atoms with van der Waals surface area (Å²) >= 11 is 0. The number of ether oxygens (including phenoxy) is 1. The highest BCUT2D eigenvalue weighted by Crippen LogP contribution is 2.30. The number of aromatic hydroxyl groups is 1. The minimum atomic E-state index is -0.0232. The summed E-state index contributed by atoms with van der Waals surface area (Å²) in [5, 5.41) is 27.2. The number of aromatic nitrogens is 2. The first-order valence-corrected chi connectivity index (χ1v) is 7.96. The van der Waals surface area contributed by atoms with Crippen molar-refractivity contribution in [2.75, 3.05) is 19.0 Å². The van der Waals surface area contributed by atoms with E-state index in [9.17, 15) is 10.2 Å². The Labute approximate surface area is 145 Å². The van der Waals surface area contributed by atoms with Crippen LogP contribution in [0.1, 0.15) is 11.3 Å². The molecule has 7 nitrogen and oxygen atoms in total. The van der Waals surface area contributed by atoms with Gasteiger partial charge in [0.25, 0.3) is 0 Å². The molecule has 0 aliphatic carbocycles. The Bertz CT molecular complexity index is 854. The molecule has 0 aliphatic heterocycles. The number of anilines is 1. The highest BCUT2D eigenvalue weighted by Gasteiger charge is 2.14. The van der Waals surface area contributed by atoms with Crippen LogP contribution in [-0.2, 0) is 13.1 Å². The largest absolute Gasteiger partial charge is 0.504 e. The molecule has 0 unspecified atom stereocenters. The number of furan rings is 1. The molecule has 0 radical (unpaired) electrons. The lowest BCUT2D eigenvalue weighted by molar-refractivity contribution is 0.270. The lowest BCUT2D eigenvalue weighted by Gasteiger charge is -2.11. The number of nitrogens with one attached hydrogen (secondary N) is 1. The van der Waals surface area contributed by atoms with Crippen LogP contribution in [0.4, 0.5) is 5.82 Å². The Morgan fingerprint density at radius 3 is 2.84 bits per heavy atom. The number of hydrogen-bond acceptors (Lipinski definition) is 6. The Morgan fingerprint density at radius 1 is 1.32 bits per heavy atom. The molecule has 0 bridgehead atoms. The predicted octanol–water partition coefficient (Wildman–Crippen LogP) is 2.77. The third-order valence-corrected chi connectivity index (χ3v) is 3.99. The van der Waals surface area contributed by atoms with E-state index in [0.29, 0.717) is 24.4 Å². The highest BCUT2D eigenvalue weighted by molar-refractivity contribution is 5.64. The second kappa shape index (κ2) is 7.31. The molecule has 0 amide bonds. The number of methoxy groups -OCH3 is 1. The van der Waals surface area contributed by atoms with Crippen LogP contribution in [0.25, 0.3) is 11.3 Å². The van der Waals surface area contributed by atoms with Gasteiger partial charge in [0.15, 0.2) is 11.5 Å². The fourth-order valence-electron chi connectivity index (χ4n) is 2.67. The first-order chi connectivity index (χ1) is 12.1. The fourth-order valence-corrected chi connectivity index (χ4v) is 2.67. The molecular formula is C18H21N3O4. The minimum Gasteiger partial charge on any atom is -0.504 e. The molecule has 25 heavy (non-hydrogen) atoms. The number of aliphatic hydroxyl groups excluding tert-OH is 1. The molecule has 0 saturated heterocycles. The van der Waals surface area contributed by atoms with E-state index in [0.717, 1.165) is 22.8 Å². The molecule has 3 rings (SSSR count). The van der Waals surface area contributed by atoms with Crippen molar-refractivity contribution >= 4 is 5.82 Å². The van der Waals surface area contributed by atoms with Crippen LogP contribution >= 0.6 is 0 Å². The van der Waals surface area contributed by atoms with E-state index in [2.05, 4.69) is 10.4 Å². The maximum absolute atomic E-state index is 10.2. The van der Waals surface area contributed by atoms with Crippen molar-refractivity contribution in [3.63, 3.8) is 0 Å². The van der Waals surface area contributed by atoms with Crippen LogP contribution in [0.15, 0.2) is 41.0 Å². The van der Waals surface area contributed by atoms with E-state index in [1.165, 1.54) is 7.11 Å². The number of aryl methyl sites for hydroxylation is 1. The summed E-state index contributed by atoms with van der Waals surface area (Å²) in [6.45, 7) is 2.61. The van der Waals surface area contributed by atoms with Gasteiger partial charge in [-0.3, -0.25) is 0 Å². The molecule has 2 aromatic heterocycles. The molecule has 3 N–H and O–H groups in total. The zero-order chi connectivity index (χ0) is 17.8. The van der Waals surface area contributed by atoms with Crippen LogP contribution in [0.3, 0.4) is 0 Å². The van der Waals surface area contributed by atoms with Gasteiger partial charge in [-0.1, -0.05) is 12.1 Å². The Kier molecular flexibility index (Phi) is 4.95. The van der Waals surface area contributed by atoms with Gasteiger partial charge in [0.2, 0.25) is 0 Å². The van der Waals surface area contributed by atoms with Crippen molar-refractivity contribution in [3.05, 3.63) is 47.9 Å². The zero-order valence-electron chi connectivity index (χ0n) is 14.2. The summed E-state index contributed by atoms with van der Waals surface area (Å²) in [6.07, 6.45) is 1.62. The van der Waals surface area contributed by atoms with Crippen molar-refractivity contribution in [2.24, 2.45) is 0 Å². The predicted molar refractivity (Wildman–Crippen MR) is 93.7 cm³/mol. The number of para-hydroxylation sites is 1. The zero-order valence-corrected chi connectivity index (χ0v) is 14.2. The van der Waals surface area contributed by atoms with Crippen molar-refractivity contribution in [2.45, 2.75) is 20.0 Å². The second-order valence-corrected chi connectivity index (χ2v) is 5.57. The number of phenolic OH excluding ortho intramolecular Hbond substituents is 1. The minimum absolute atomic E-state index is 0.0232. The Balaban J connectivity index is 1.84. The standard InChI is InChI=1S/C18H21N3O4/c1-12-14(6-9-25-12)15-10-17(21(20-15)7-8-22)19-11-13-4-3-5-16(24-2)18(13)23/h3-6,9-10,19,22-23H,7-8,11H2,1-2H3. The van der Waals surface area contributed by atoms with E-state index in [4.69, 9.17) is 9.15 Å². The molecule has 132 valence electrons. The average Bonchev–Trinajstić information content (AvgIpc) is 3.20. The van der Waals surface area contributed by atoms with E-state index in [-0.39, 0.29) is 12.4 Å². The van der Waals surface area contributed by atoms with Crippen LogP contribution in [0.2, 0.25) is 0 Å². The number of benzene rings is 1. The summed E-state index contributed by atoms with van der Waals surface area (Å²) in [6, 6.07) is 9.09. The molecule has 0 saturated carbocycles. The van der Waals surface area contributed by atoms with Gasteiger partial charge >= 0.3 is 0 Å². The van der Waals surface area contributed by atoms with E-state index < -0.39 is 0 Å². The monoisotopic (exact) mass is 343 g/mol. The van der Waals surface area contributed by atoms with Crippen molar-refractivity contribution in [1.82, 2.24) is 9.78 Å². The molecule has 0 spiro atoms. The van der Waals surface area contributed by atoms with Crippen molar-refractivity contribution in [3.8, 4) is 22.8 Å². The van der Waals surface area contributed by atoms with Gasteiger partial charge in [-0.2, -0.15) is 5.10 Å². The highest BCUT2D eigenvalue weighted by atomic mass is 16.5. The molecule has 7 heteroatoms. The molecule has 0 fully saturated rings. The fraction of sp³-hybridized carbons (Fsp3) is 0.278. The van der Waals surface area contributed by atoms with Gasteiger partial charge in [-0.25, -0.2) is 4.68 Å². The van der Waals surface area contributed by atoms with E-state index in [1.54, 1.807) is 17.0 Å². The summed E-state index contributed by atoms with van der Waals surface area (Å²) in [7, 11) is 1.52. The lowest BCUT2D eigenvalue weighted by Crippen LogP contribution is -2.10. The van der Waals surface area contributed by atoms with Crippen molar-refractivity contribution < 1.29 is 19.4 Å². The number of aliphatic hydroxyl groups is 1. The topological polar surface area (TPSA) is 92.7 Å². The molecule has 0 aliphatic rings. The van der Waals surface area contributed by atoms with Gasteiger partial charge in [0, 0.05) is 23.7 Å². The lowest BCUT2D eigenvalue weighted by atomic mass is 10.2. The van der Waals surface area contributed by atoms with Gasteiger partial charge in [-0.15, -0.1) is 0 Å². The summed E-state index contributed by atoms with van der Waals surface area (Å²) in [5.74, 6) is 2.06. The molecule has 1 aromatic carbocycles. The van der Waals surface area contributed by atoms with Crippen LogP contribution < -0.4 is 10.1 Å². The smallest absolute Gasteiger partial charge is 0.162 e. The maximum atomic E-state index is 10.2. The van der Waals surface area contributed by atoms with Crippen LogP contribution in [0.5, 0.6) is 11.5 Å². The maximum Gasteiger partial charge on any atom is 0.162 e. The average molecular weight is 343 g/mol. The molecule has 3 aromatic rings. The Hall–Kier alpha value is -2.93. The normalized spacial score (nSPS) is 10.8. The summed E-state index contributed by atoms with van der Waals surface area (Å²) in [5.41, 5.74) is 2.37. The first kappa shape index (κ1) is 16.9. The van der Waals surface area contributed by atoms with Crippen LogP contribution in [-0.4, -0.2) is 33.7 Å². The summed E-state index contributed by atoms with van der Waals surface area (Å²) in [4.78, 5) is 0. The van der Waals surface area contributed by atoms with Crippen molar-refractivity contribution in [1.29, 1.82) is 0 Å². The third-order valence-electron chi connectivity index (χ3n) is 3.99. The number of rotatable bonds is 7. The number of phenols is 1. The quantitative estimate of drug-likeness (QED) is 0.611. The molecule has 0 atom stereocenters. The molecule has 2 heterocycles. The van der Waals surface area contributed by atoms with Gasteiger partial charge in [-0.05, 0) is 19.1 Å². The van der Waals surface area contributed by atoms with Gasteiger partial charge in [0.05, 0.1) is 32.2 Å². The van der Waals surface area contributed by atoms with E-state index in [1.807, 2.05) is 31.2 Å². The molecular weight excluding hydrogens is 322 g/mol. The van der Waals surface area contributed by atoms with Crippen LogP contribution in [0, 0.1) is 6.92 Å². The third kappa shape index (κ3) is 3.46. The number of hydrogen-bond donors (Lipinski definition) is 3. The Morgan fingerprint density at radius 2 is 2.16 bits per heavy atom. The van der Waals surface area contributed by atoms with E-state index >= 15 is 0 Å². The summed E-state index contributed by atoms with van der Waals surface area (Å²) < 4.78 is 12.2.